The molecule has 1 N–H and O–H groups in total. The molecule has 0 aliphatic carbocycles. The first-order chi connectivity index (χ1) is 15.2. The third-order valence-electron chi connectivity index (χ3n) is 6.40. The van der Waals surface area contributed by atoms with Gasteiger partial charge in [-0.05, 0) is 60.2 Å². The van der Waals surface area contributed by atoms with Crippen LogP contribution in [0.25, 0.3) is 0 Å². The van der Waals surface area contributed by atoms with E-state index in [0.29, 0.717) is 6.54 Å². The maximum atomic E-state index is 13.4. The Morgan fingerprint density at radius 2 is 1.90 bits per heavy atom. The van der Waals surface area contributed by atoms with Crippen molar-refractivity contribution in [3.63, 3.8) is 0 Å². The molecule has 0 radical (unpaired) electrons. The van der Waals surface area contributed by atoms with Crippen molar-refractivity contribution in [2.45, 2.75) is 18.9 Å². The Morgan fingerprint density at radius 1 is 1.06 bits per heavy atom. The molecule has 31 heavy (non-hydrogen) atoms. The summed E-state index contributed by atoms with van der Waals surface area (Å²) in [5.74, 6) is -0.208. The van der Waals surface area contributed by atoms with Gasteiger partial charge in [0.25, 0.3) is 0 Å². The van der Waals surface area contributed by atoms with Crippen LogP contribution >= 0.6 is 11.3 Å². The zero-order valence-corrected chi connectivity index (χ0v) is 18.2. The van der Waals surface area contributed by atoms with Crippen LogP contribution in [0.3, 0.4) is 0 Å². The highest BCUT2D eigenvalue weighted by Gasteiger charge is 2.41. The number of rotatable bonds is 5. The molecule has 0 bridgehead atoms. The van der Waals surface area contributed by atoms with Gasteiger partial charge in [-0.1, -0.05) is 24.3 Å². The Kier molecular flexibility index (Phi) is 5.64. The Hall–Kier alpha value is -2.86. The number of halogens is 1. The number of thiophene rings is 1. The molecule has 3 aromatic rings. The maximum Gasteiger partial charge on any atom is 0.225 e. The first-order valence-electron chi connectivity index (χ1n) is 10.8. The topological polar surface area (TPSA) is 35.6 Å². The van der Waals surface area contributed by atoms with Gasteiger partial charge < -0.3 is 15.1 Å². The van der Waals surface area contributed by atoms with Crippen molar-refractivity contribution in [3.8, 4) is 0 Å². The molecule has 160 valence electrons. The van der Waals surface area contributed by atoms with Crippen LogP contribution in [0, 0.1) is 11.7 Å². The first-order valence-corrected chi connectivity index (χ1v) is 11.7. The minimum Gasteiger partial charge on any atom is -0.368 e. The summed E-state index contributed by atoms with van der Waals surface area (Å²) >= 11 is 1.73. The number of carbonyl (C=O) groups excluding carboxylic acids is 1. The summed E-state index contributed by atoms with van der Waals surface area (Å²) in [6, 6.07) is 19.4. The molecule has 0 saturated carbocycles. The number of fused-ring (bicyclic) bond motifs is 3. The van der Waals surface area contributed by atoms with Crippen molar-refractivity contribution in [1.82, 2.24) is 5.32 Å². The van der Waals surface area contributed by atoms with Gasteiger partial charge in [-0.2, -0.15) is 0 Å². The van der Waals surface area contributed by atoms with Gasteiger partial charge in [-0.25, -0.2) is 4.39 Å². The minimum atomic E-state index is -0.225. The highest BCUT2D eigenvalue weighted by Crippen LogP contribution is 2.36. The second kappa shape index (κ2) is 8.71. The van der Waals surface area contributed by atoms with Crippen molar-refractivity contribution in [3.05, 3.63) is 82.3 Å². The maximum absolute atomic E-state index is 13.4. The molecular formula is C25H26FN3OS. The average Bonchev–Trinajstić information content (AvgIpc) is 3.32. The third kappa shape index (κ3) is 4.17. The number of nitrogens with zero attached hydrogens (tertiary/aromatic N) is 2. The number of nitrogens with one attached hydrogen (secondary N) is 1. The van der Waals surface area contributed by atoms with Gasteiger partial charge in [-0.3, -0.25) is 4.79 Å². The predicted molar refractivity (Wildman–Crippen MR) is 124 cm³/mol. The van der Waals surface area contributed by atoms with E-state index in [-0.39, 0.29) is 23.7 Å². The van der Waals surface area contributed by atoms with Crippen LogP contribution in [-0.4, -0.2) is 38.1 Å². The Bertz CT molecular complexity index is 1040. The SMILES string of the molecule is O=C(NCCc1cccs1)[C@H]1Cc2ccccc2N2CCN(c3ccc(F)cc3)C[C@@H]12. The normalized spacial score (nSPS) is 20.2. The number of para-hydroxylation sites is 1. The Morgan fingerprint density at radius 3 is 2.71 bits per heavy atom. The van der Waals surface area contributed by atoms with Crippen LogP contribution in [0.2, 0.25) is 0 Å². The lowest BCUT2D eigenvalue weighted by Crippen LogP contribution is -2.61. The van der Waals surface area contributed by atoms with E-state index in [2.05, 4.69) is 50.8 Å². The van der Waals surface area contributed by atoms with E-state index in [9.17, 15) is 9.18 Å². The largest absolute Gasteiger partial charge is 0.368 e. The fourth-order valence-corrected chi connectivity index (χ4v) is 5.55. The lowest BCUT2D eigenvalue weighted by molar-refractivity contribution is -0.125. The Balaban J connectivity index is 1.35. The number of hydrogen-bond acceptors (Lipinski definition) is 4. The average molecular weight is 436 g/mol. The van der Waals surface area contributed by atoms with Crippen molar-refractivity contribution < 1.29 is 9.18 Å². The zero-order chi connectivity index (χ0) is 21.2. The standard InChI is InChI=1S/C25H26FN3OS/c26-19-7-9-20(10-8-19)28-13-14-29-23-6-2-1-4-18(23)16-22(24(29)17-28)25(30)27-12-11-21-5-3-15-31-21/h1-10,15,22,24H,11-14,16-17H2,(H,27,30)/t22-,24-/m0/s1. The molecule has 2 aromatic carbocycles. The van der Waals surface area contributed by atoms with Crippen LogP contribution in [0.15, 0.2) is 66.0 Å². The molecule has 1 aromatic heterocycles. The highest BCUT2D eigenvalue weighted by atomic mass is 32.1. The molecule has 1 fully saturated rings. The van der Waals surface area contributed by atoms with Gasteiger partial charge in [0.2, 0.25) is 5.91 Å². The summed E-state index contributed by atoms with van der Waals surface area (Å²) < 4.78 is 13.4. The number of benzene rings is 2. The molecule has 5 rings (SSSR count). The number of anilines is 2. The summed E-state index contributed by atoms with van der Waals surface area (Å²) in [7, 11) is 0. The van der Waals surface area contributed by atoms with Crippen molar-refractivity contribution in [2.24, 2.45) is 5.92 Å². The number of hydrogen-bond donors (Lipinski definition) is 1. The summed E-state index contributed by atoms with van der Waals surface area (Å²) in [6.45, 7) is 3.11. The lowest BCUT2D eigenvalue weighted by Gasteiger charge is -2.49. The molecule has 1 saturated heterocycles. The predicted octanol–water partition coefficient (Wildman–Crippen LogP) is 4.11. The van der Waals surface area contributed by atoms with E-state index in [1.807, 2.05) is 18.2 Å². The van der Waals surface area contributed by atoms with E-state index in [1.54, 1.807) is 11.3 Å². The quantitative estimate of drug-likeness (QED) is 0.655. The summed E-state index contributed by atoms with van der Waals surface area (Å²) in [6.07, 6.45) is 1.61. The van der Waals surface area contributed by atoms with E-state index >= 15 is 0 Å². The van der Waals surface area contributed by atoms with Crippen LogP contribution < -0.4 is 15.1 Å². The molecule has 4 nitrogen and oxygen atoms in total. The lowest BCUT2D eigenvalue weighted by atomic mass is 9.83. The highest BCUT2D eigenvalue weighted by molar-refractivity contribution is 7.09. The third-order valence-corrected chi connectivity index (χ3v) is 7.34. The molecule has 0 unspecified atom stereocenters. The number of amides is 1. The molecule has 6 heteroatoms. The molecule has 1 amide bonds. The van der Waals surface area contributed by atoms with Crippen LogP contribution in [0.4, 0.5) is 15.8 Å². The smallest absolute Gasteiger partial charge is 0.225 e. The summed E-state index contributed by atoms with van der Waals surface area (Å²) in [5.41, 5.74) is 3.50. The van der Waals surface area contributed by atoms with Crippen LogP contribution in [0.1, 0.15) is 10.4 Å². The van der Waals surface area contributed by atoms with E-state index in [1.165, 1.54) is 28.3 Å². The van der Waals surface area contributed by atoms with E-state index in [0.717, 1.165) is 38.2 Å². The van der Waals surface area contributed by atoms with E-state index < -0.39 is 0 Å². The van der Waals surface area contributed by atoms with Gasteiger partial charge >= 0.3 is 0 Å². The van der Waals surface area contributed by atoms with Gasteiger partial charge in [0, 0.05) is 42.4 Å². The Labute approximate surface area is 186 Å². The van der Waals surface area contributed by atoms with Gasteiger partial charge in [0.05, 0.1) is 12.0 Å². The second-order valence-corrected chi connectivity index (χ2v) is 9.28. The van der Waals surface area contributed by atoms with Crippen LogP contribution in [0.5, 0.6) is 0 Å². The molecule has 2 aliphatic rings. The minimum absolute atomic E-state index is 0.0930. The van der Waals surface area contributed by atoms with E-state index in [4.69, 9.17) is 0 Å². The first kappa shape index (κ1) is 20.1. The monoisotopic (exact) mass is 435 g/mol. The van der Waals surface area contributed by atoms with Gasteiger partial charge in [-0.15, -0.1) is 11.3 Å². The second-order valence-electron chi connectivity index (χ2n) is 8.24. The van der Waals surface area contributed by atoms with Crippen molar-refractivity contribution in [2.75, 3.05) is 36.0 Å². The summed E-state index contributed by atoms with van der Waals surface area (Å²) in [4.78, 5) is 19.2. The van der Waals surface area contributed by atoms with Gasteiger partial charge in [0.15, 0.2) is 0 Å². The molecular weight excluding hydrogens is 409 g/mol. The molecule has 0 spiro atoms. The van der Waals surface area contributed by atoms with Gasteiger partial charge in [0.1, 0.15) is 5.82 Å². The number of carbonyl (C=O) groups is 1. The van der Waals surface area contributed by atoms with Crippen LogP contribution in [-0.2, 0) is 17.6 Å². The number of piperazine rings is 1. The van der Waals surface area contributed by atoms with Crippen molar-refractivity contribution in [1.29, 1.82) is 0 Å². The molecule has 3 heterocycles. The zero-order valence-electron chi connectivity index (χ0n) is 17.3. The fourth-order valence-electron chi connectivity index (χ4n) is 4.84. The molecule has 2 atom stereocenters. The fraction of sp³-hybridized carbons (Fsp3) is 0.320. The van der Waals surface area contributed by atoms with Crippen molar-refractivity contribution >= 4 is 28.6 Å². The molecule has 2 aliphatic heterocycles. The summed E-state index contributed by atoms with van der Waals surface area (Å²) in [5, 5.41) is 5.26.